The summed E-state index contributed by atoms with van der Waals surface area (Å²) in [4.78, 5) is 0. The van der Waals surface area contributed by atoms with Crippen LogP contribution in [0.25, 0.3) is 0 Å². The summed E-state index contributed by atoms with van der Waals surface area (Å²) in [6.07, 6.45) is 1.92. The highest BCUT2D eigenvalue weighted by molar-refractivity contribution is 9.93. The zero-order valence-corrected chi connectivity index (χ0v) is 39.5. The molecule has 0 unspecified atom stereocenters. The van der Waals surface area contributed by atoms with Crippen LogP contribution < -0.4 is 65.8 Å². The molecule has 0 aliphatic heterocycles. The number of halogens is 6. The van der Waals surface area contributed by atoms with Crippen molar-refractivity contribution in [2.45, 2.75) is 12.3 Å². The van der Waals surface area contributed by atoms with E-state index in [1.807, 2.05) is 0 Å². The molecule has 0 N–H and O–H groups in total. The van der Waals surface area contributed by atoms with Gasteiger partial charge in [-0.1, -0.05) is 133 Å². The Morgan fingerprint density at radius 2 is 0.404 bits per heavy atom. The standard InChI is InChI=1S/C44H38P2.2Br2.2BrH/c1-7-23-39(24-8-1)45(40-25-9-2-10-26-40,41-27-11-3-12-28-41)35-37-21-19-20-22-38(37)36-46(42-29-13-4-14-30-42,43-31-15-5-16-32-43)44-33-17-6-18-34-44;2*1-2;;/h1-34H,35-36H2;;;2*1H/q+2;;;;/p-2. The minimum Gasteiger partial charge on any atom is -1.00 e. The van der Waals surface area contributed by atoms with Crippen molar-refractivity contribution in [1.29, 1.82) is 0 Å². The summed E-state index contributed by atoms with van der Waals surface area (Å²) in [5, 5.41) is 8.49. The second-order valence-corrected chi connectivity index (χ2v) is 18.7. The molecule has 0 saturated heterocycles. The van der Waals surface area contributed by atoms with Gasteiger partial charge in [0.05, 0.1) is 12.3 Å². The Hall–Kier alpha value is -1.72. The predicted molar refractivity (Wildman–Crippen MR) is 240 cm³/mol. The minimum atomic E-state index is -2.07. The molecule has 0 aromatic heterocycles. The van der Waals surface area contributed by atoms with Gasteiger partial charge in [-0.15, -0.1) is 0 Å². The van der Waals surface area contributed by atoms with Crippen LogP contribution in [0.5, 0.6) is 0 Å². The maximum Gasteiger partial charge on any atom is 0.116 e. The molecule has 0 aliphatic carbocycles. The van der Waals surface area contributed by atoms with Crippen molar-refractivity contribution in [2.24, 2.45) is 0 Å². The highest BCUT2D eigenvalue weighted by Crippen LogP contribution is 2.61. The first-order valence-corrected chi connectivity index (χ1v) is 27.6. The lowest BCUT2D eigenvalue weighted by Crippen LogP contribution is -3.00. The second kappa shape index (κ2) is 23.3. The van der Waals surface area contributed by atoms with Gasteiger partial charge in [0.1, 0.15) is 46.4 Å². The van der Waals surface area contributed by atoms with Gasteiger partial charge in [0.15, 0.2) is 0 Å². The SMILES string of the molecule is BrBr.BrBr.[Br-].[Br-].c1ccc([P+](Cc2ccccc2C[P+](c2ccccc2)(c2ccccc2)c2ccccc2)(c2ccccc2)c2ccccc2)cc1. The van der Waals surface area contributed by atoms with E-state index in [1.54, 1.807) is 0 Å². The predicted octanol–water partition coefficient (Wildman–Crippen LogP) is 6.07. The van der Waals surface area contributed by atoms with Crippen LogP contribution in [0.3, 0.4) is 0 Å². The van der Waals surface area contributed by atoms with Crippen molar-refractivity contribution in [2.75, 3.05) is 0 Å². The number of rotatable bonds is 10. The number of benzene rings is 7. The maximum absolute atomic E-state index is 2.75. The lowest BCUT2D eigenvalue weighted by molar-refractivity contribution is -0.001000. The lowest BCUT2D eigenvalue weighted by Gasteiger charge is -2.31. The molecular formula is C44H38Br6P2. The second-order valence-electron chi connectivity index (χ2n) is 11.7. The van der Waals surface area contributed by atoms with E-state index in [1.165, 1.54) is 43.0 Å². The summed E-state index contributed by atoms with van der Waals surface area (Å²) in [6.45, 7) is 0. The van der Waals surface area contributed by atoms with E-state index >= 15 is 0 Å². The normalized spacial score (nSPS) is 10.5. The smallest absolute Gasteiger partial charge is 0.116 e. The molecule has 0 heterocycles. The highest BCUT2D eigenvalue weighted by atomic mass is 80.9. The van der Waals surface area contributed by atoms with Crippen molar-refractivity contribution >= 4 is 103 Å². The Morgan fingerprint density at radius 1 is 0.250 bits per heavy atom. The van der Waals surface area contributed by atoms with E-state index in [9.17, 15) is 0 Å². The lowest BCUT2D eigenvalue weighted by atomic mass is 10.1. The van der Waals surface area contributed by atoms with Crippen LogP contribution in [0.4, 0.5) is 0 Å². The average molecular weight is 1110 g/mol. The van der Waals surface area contributed by atoms with Crippen molar-refractivity contribution < 1.29 is 34.0 Å². The van der Waals surface area contributed by atoms with E-state index in [2.05, 4.69) is 263 Å². The summed E-state index contributed by atoms with van der Waals surface area (Å²) < 4.78 is 0. The average Bonchev–Trinajstić information content (AvgIpc) is 3.23. The van der Waals surface area contributed by atoms with Crippen molar-refractivity contribution in [1.82, 2.24) is 0 Å². The van der Waals surface area contributed by atoms with Gasteiger partial charge in [0.25, 0.3) is 0 Å². The molecule has 0 radical (unpaired) electrons. The van der Waals surface area contributed by atoms with Crippen molar-refractivity contribution in [3.05, 3.63) is 217 Å². The first kappa shape index (κ1) is 44.7. The molecule has 0 amide bonds. The molecule has 0 fully saturated rings. The van der Waals surface area contributed by atoms with E-state index < -0.39 is 14.5 Å². The van der Waals surface area contributed by atoms with Crippen molar-refractivity contribution in [3.63, 3.8) is 0 Å². The molecule has 0 spiro atoms. The van der Waals surface area contributed by atoms with Crippen molar-refractivity contribution in [3.8, 4) is 0 Å². The van der Waals surface area contributed by atoms with Crippen LogP contribution in [0.1, 0.15) is 11.1 Å². The van der Waals surface area contributed by atoms with Gasteiger partial charge in [-0.25, -0.2) is 0 Å². The van der Waals surface area contributed by atoms with Crippen LogP contribution in [-0.4, -0.2) is 0 Å². The van der Waals surface area contributed by atoms with Gasteiger partial charge >= 0.3 is 0 Å². The third-order valence-electron chi connectivity index (χ3n) is 9.12. The van der Waals surface area contributed by atoms with Gasteiger partial charge in [0, 0.05) is 56.5 Å². The Morgan fingerprint density at radius 3 is 0.577 bits per heavy atom. The molecule has 0 saturated carbocycles. The van der Waals surface area contributed by atoms with Crippen LogP contribution >= 0.6 is 71.0 Å². The summed E-state index contributed by atoms with van der Waals surface area (Å²) in [5.74, 6) is 0. The third-order valence-corrected chi connectivity index (χ3v) is 17.8. The van der Waals surface area contributed by atoms with Gasteiger partial charge in [0.2, 0.25) is 0 Å². The van der Waals surface area contributed by atoms with E-state index in [-0.39, 0.29) is 34.0 Å². The van der Waals surface area contributed by atoms with E-state index in [0.717, 1.165) is 12.3 Å². The Kier molecular flexibility index (Phi) is 20.0. The van der Waals surface area contributed by atoms with Crippen LogP contribution in [0, 0.1) is 0 Å². The van der Waals surface area contributed by atoms with Gasteiger partial charge in [-0.05, 0) is 83.9 Å². The summed E-state index contributed by atoms with van der Waals surface area (Å²) in [6, 6.07) is 76.8. The molecule has 8 heteroatoms. The molecule has 52 heavy (non-hydrogen) atoms. The zero-order valence-electron chi connectivity index (χ0n) is 28.2. The summed E-state index contributed by atoms with van der Waals surface area (Å²) in [7, 11) is -4.14. The van der Waals surface area contributed by atoms with Gasteiger partial charge < -0.3 is 34.0 Å². The molecule has 0 bridgehead atoms. The fraction of sp³-hybridized carbons (Fsp3) is 0.0455. The fourth-order valence-electron chi connectivity index (χ4n) is 6.91. The Bertz CT molecular complexity index is 1640. The quantitative estimate of drug-likeness (QED) is 0.146. The monoisotopic (exact) mass is 1100 g/mol. The summed E-state index contributed by atoms with van der Waals surface area (Å²) in [5.41, 5.74) is 2.86. The molecule has 0 atom stereocenters. The van der Waals surface area contributed by atoms with Crippen LogP contribution in [0.15, 0.2) is 206 Å². The zero-order chi connectivity index (χ0) is 35.1. The molecular weight excluding hydrogens is 1070 g/mol. The number of hydrogen-bond donors (Lipinski definition) is 0. The van der Waals surface area contributed by atoms with Gasteiger partial charge in [-0.3, -0.25) is 0 Å². The fourth-order valence-corrected chi connectivity index (χ4v) is 15.5. The summed E-state index contributed by atoms with van der Waals surface area (Å²) >= 11 is 11.0. The minimum absolute atomic E-state index is 0. The molecule has 7 rings (SSSR count). The maximum atomic E-state index is 2.75. The first-order chi connectivity index (χ1) is 24.8. The van der Waals surface area contributed by atoms with E-state index in [0.29, 0.717) is 0 Å². The van der Waals surface area contributed by atoms with Crippen LogP contribution in [0.2, 0.25) is 0 Å². The molecule has 7 aromatic carbocycles. The Balaban J connectivity index is 0.00000118. The van der Waals surface area contributed by atoms with E-state index in [4.69, 9.17) is 0 Å². The topological polar surface area (TPSA) is 0 Å². The third kappa shape index (κ3) is 10.1. The van der Waals surface area contributed by atoms with Crippen LogP contribution in [-0.2, 0) is 12.3 Å². The number of hydrogen-bond acceptors (Lipinski definition) is 0. The molecule has 266 valence electrons. The highest BCUT2D eigenvalue weighted by Gasteiger charge is 2.48. The molecule has 7 aromatic rings. The first-order valence-electron chi connectivity index (χ1n) is 16.3. The van der Waals surface area contributed by atoms with Gasteiger partial charge in [-0.2, -0.15) is 0 Å². The largest absolute Gasteiger partial charge is 1.00 e. The Labute approximate surface area is 362 Å². The molecule has 0 aliphatic rings. The molecule has 0 nitrogen and oxygen atoms in total.